The molecule has 2 aromatic carbocycles. The molecule has 0 aliphatic heterocycles. The van der Waals surface area contributed by atoms with Gasteiger partial charge in [0.15, 0.2) is 5.75 Å². The van der Waals surface area contributed by atoms with Gasteiger partial charge in [0, 0.05) is 12.1 Å². The number of carboxylic acid groups (broad SMARTS) is 1. The van der Waals surface area contributed by atoms with Crippen LogP contribution in [0.1, 0.15) is 11.1 Å². The van der Waals surface area contributed by atoms with E-state index in [1.807, 2.05) is 0 Å². The molecule has 0 amide bonds. The number of sulfonamides is 1. The van der Waals surface area contributed by atoms with Gasteiger partial charge in [0.05, 0.1) is 55.8 Å². The van der Waals surface area contributed by atoms with Crippen LogP contribution < -0.4 is 23.7 Å². The minimum atomic E-state index is -4.18. The fourth-order valence-electron chi connectivity index (χ4n) is 2.84. The highest BCUT2D eigenvalue weighted by Gasteiger charge is 2.19. The first-order valence-corrected chi connectivity index (χ1v) is 11.6. The predicted molar refractivity (Wildman–Crippen MR) is 125 cm³/mol. The van der Waals surface area contributed by atoms with E-state index in [-0.39, 0.29) is 27.6 Å². The lowest BCUT2D eigenvalue weighted by Gasteiger charge is -2.13. The van der Waals surface area contributed by atoms with Gasteiger partial charge in [-0.15, -0.1) is 0 Å². The van der Waals surface area contributed by atoms with Gasteiger partial charge in [0.1, 0.15) is 23.0 Å². The molecule has 0 radical (unpaired) electrons. The number of hydrogen-bond donors (Lipinski definition) is 2. The van der Waals surface area contributed by atoms with E-state index >= 15 is 0 Å². The Labute approximate surface area is 194 Å². The average Bonchev–Trinajstić information content (AvgIpc) is 2.78. The maximum atomic E-state index is 12.1. The fourth-order valence-corrected chi connectivity index (χ4v) is 4.07. The van der Waals surface area contributed by atoms with Crippen molar-refractivity contribution in [3.8, 4) is 23.0 Å². The highest BCUT2D eigenvalue weighted by atomic mass is 32.2. The molecule has 0 bridgehead atoms. The first kappa shape index (κ1) is 25.7. The van der Waals surface area contributed by atoms with Crippen molar-refractivity contribution in [3.63, 3.8) is 0 Å². The molecule has 2 N–H and O–H groups in total. The lowest BCUT2D eigenvalue weighted by Crippen LogP contribution is -2.22. The summed E-state index contributed by atoms with van der Waals surface area (Å²) in [6.45, 7) is 0. The summed E-state index contributed by atoms with van der Waals surface area (Å²) in [5.41, 5.74) is 0.936. The first-order valence-electron chi connectivity index (χ1n) is 9.23. The maximum Gasteiger partial charge on any atom is 0.320 e. The summed E-state index contributed by atoms with van der Waals surface area (Å²) in [6.07, 6.45) is 3.15. The maximum absolute atomic E-state index is 12.1. The lowest BCUT2D eigenvalue weighted by atomic mass is 10.1. The molecule has 0 saturated carbocycles. The van der Waals surface area contributed by atoms with Crippen molar-refractivity contribution in [2.24, 2.45) is 0 Å². The van der Waals surface area contributed by atoms with Crippen LogP contribution >= 0.6 is 0 Å². The number of carboxylic acids is 1. The highest BCUT2D eigenvalue weighted by molar-refractivity contribution is 7.93. The van der Waals surface area contributed by atoms with Crippen molar-refractivity contribution >= 4 is 43.9 Å². The predicted octanol–water partition coefficient (Wildman–Crippen LogP) is 1.99. The van der Waals surface area contributed by atoms with E-state index in [1.54, 1.807) is 24.3 Å². The zero-order valence-electron chi connectivity index (χ0n) is 18.3. The Morgan fingerprint density at radius 3 is 2.09 bits per heavy atom. The molecule has 0 heterocycles. The lowest BCUT2D eigenvalue weighted by molar-refractivity contribution is -0.134. The van der Waals surface area contributed by atoms with Crippen LogP contribution in [0.5, 0.6) is 23.0 Å². The van der Waals surface area contributed by atoms with Crippen molar-refractivity contribution in [1.82, 2.24) is 0 Å². The molecule has 12 heteroatoms. The number of allylic oxidation sites excluding steroid dienone is 1. The number of benzene rings is 2. The monoisotopic (exact) mass is 497 g/mol. The van der Waals surface area contributed by atoms with Crippen LogP contribution in [-0.4, -0.2) is 62.8 Å². The van der Waals surface area contributed by atoms with Gasteiger partial charge < -0.3 is 24.1 Å². The van der Waals surface area contributed by atoms with Gasteiger partial charge in [0.25, 0.3) is 0 Å². The van der Waals surface area contributed by atoms with Gasteiger partial charge >= 0.3 is 5.97 Å². The summed E-state index contributed by atoms with van der Waals surface area (Å²) in [7, 11) is 1.63. The van der Waals surface area contributed by atoms with Crippen LogP contribution in [0.15, 0.2) is 36.4 Å². The third kappa shape index (κ3) is 6.73. The molecule has 33 heavy (non-hydrogen) atoms. The van der Waals surface area contributed by atoms with E-state index in [4.69, 9.17) is 24.1 Å². The standard InChI is InChI=1S/C21H23NO9S2/c1-28-14-10-18(30-3)15(19(11-14)31-4)6-8-20(32-25)13-5-7-17(29-2)16(9-13)22-33(26,27)12-21(23)24/h5-11,22H,12H2,1-4H3,(H,23,24). The second kappa shape index (κ2) is 11.4. The van der Waals surface area contributed by atoms with Crippen molar-refractivity contribution in [2.75, 3.05) is 38.9 Å². The highest BCUT2D eigenvalue weighted by Crippen LogP contribution is 2.35. The Hall–Kier alpha value is -3.51. The number of rotatable bonds is 11. The number of carbonyl (C=O) groups is 1. The fraction of sp³-hybridized carbons (Fsp3) is 0.238. The topological polar surface area (TPSA) is 137 Å². The largest absolute Gasteiger partial charge is 0.496 e. The van der Waals surface area contributed by atoms with Crippen LogP contribution in [0.25, 0.3) is 6.08 Å². The van der Waals surface area contributed by atoms with E-state index in [9.17, 15) is 17.4 Å². The second-order valence-electron chi connectivity index (χ2n) is 6.40. The number of nitrogens with one attached hydrogen (secondary N) is 1. The molecule has 0 atom stereocenters. The zero-order valence-corrected chi connectivity index (χ0v) is 19.9. The number of ether oxygens (including phenoxy) is 4. The van der Waals surface area contributed by atoms with E-state index in [2.05, 4.69) is 4.72 Å². The van der Waals surface area contributed by atoms with Crippen LogP contribution in [0.3, 0.4) is 0 Å². The Balaban J connectivity index is 2.48. The summed E-state index contributed by atoms with van der Waals surface area (Å²) in [5.74, 6) is -1.04. The summed E-state index contributed by atoms with van der Waals surface area (Å²) >= 11 is 0.189. The third-order valence-corrected chi connectivity index (χ3v) is 6.02. The molecule has 0 aromatic heterocycles. The van der Waals surface area contributed by atoms with Gasteiger partial charge in [-0.05, 0) is 35.9 Å². The minimum absolute atomic E-state index is 0.00388. The van der Waals surface area contributed by atoms with Gasteiger partial charge in [0.2, 0.25) is 10.0 Å². The molecule has 10 nitrogen and oxygen atoms in total. The second-order valence-corrected chi connectivity index (χ2v) is 8.73. The summed E-state index contributed by atoms with van der Waals surface area (Å²) < 4.78 is 59.3. The van der Waals surface area contributed by atoms with Gasteiger partial charge in [-0.1, -0.05) is 0 Å². The van der Waals surface area contributed by atoms with E-state index in [0.29, 0.717) is 28.4 Å². The molecule has 0 unspecified atom stereocenters. The van der Waals surface area contributed by atoms with Crippen LogP contribution in [0.2, 0.25) is 0 Å². The zero-order chi connectivity index (χ0) is 24.6. The minimum Gasteiger partial charge on any atom is -0.496 e. The molecule has 178 valence electrons. The van der Waals surface area contributed by atoms with Gasteiger partial charge in [-0.25, -0.2) is 12.6 Å². The smallest absolute Gasteiger partial charge is 0.320 e. The van der Waals surface area contributed by atoms with E-state index < -0.39 is 21.7 Å². The van der Waals surface area contributed by atoms with Crippen molar-refractivity contribution in [3.05, 3.63) is 47.5 Å². The molecule has 2 aromatic rings. The SMILES string of the molecule is COc1cc(OC)c(C=CC(=S=O)c2ccc(OC)c(NS(=O)(=O)CC(=O)O)c2)c(OC)c1. The van der Waals surface area contributed by atoms with E-state index in [1.165, 1.54) is 46.6 Å². The Bertz CT molecular complexity index is 1190. The summed E-state index contributed by atoms with van der Waals surface area (Å²) in [4.78, 5) is 11.1. The number of aliphatic carboxylic acids is 1. The Kier molecular flexibility index (Phi) is 8.88. The Morgan fingerprint density at radius 1 is 1.00 bits per heavy atom. The molecular weight excluding hydrogens is 474 g/mol. The number of anilines is 1. The average molecular weight is 498 g/mol. The summed E-state index contributed by atoms with van der Waals surface area (Å²) in [5, 5.41) is 8.79. The molecule has 0 aliphatic carbocycles. The summed E-state index contributed by atoms with van der Waals surface area (Å²) in [6, 6.07) is 7.74. The first-order chi connectivity index (χ1) is 15.7. The van der Waals surface area contributed by atoms with Crippen LogP contribution in [-0.2, 0) is 26.1 Å². The van der Waals surface area contributed by atoms with Crippen molar-refractivity contribution in [1.29, 1.82) is 0 Å². The third-order valence-electron chi connectivity index (χ3n) is 4.31. The number of methoxy groups -OCH3 is 4. The molecule has 0 aliphatic rings. The van der Waals surface area contributed by atoms with Gasteiger partial charge in [-0.3, -0.25) is 9.52 Å². The molecule has 2 rings (SSSR count). The normalized spacial score (nSPS) is 11.0. The van der Waals surface area contributed by atoms with Crippen molar-refractivity contribution < 1.29 is 41.5 Å². The Morgan fingerprint density at radius 2 is 1.61 bits per heavy atom. The molecule has 0 fully saturated rings. The number of hydrogen-bond acceptors (Lipinski definition) is 8. The van der Waals surface area contributed by atoms with Crippen LogP contribution in [0.4, 0.5) is 5.69 Å². The molecule has 0 spiro atoms. The van der Waals surface area contributed by atoms with Crippen LogP contribution in [0, 0.1) is 0 Å². The van der Waals surface area contributed by atoms with E-state index in [0.717, 1.165) is 0 Å². The molecule has 0 saturated heterocycles. The van der Waals surface area contributed by atoms with Gasteiger partial charge in [-0.2, -0.15) is 0 Å². The molecular formula is C21H23NO9S2. The van der Waals surface area contributed by atoms with Crippen molar-refractivity contribution in [2.45, 2.75) is 0 Å². The quantitative estimate of drug-likeness (QED) is 0.271.